The number of rotatable bonds is 2. The Kier molecular flexibility index (Phi) is 3.61. The highest BCUT2D eigenvalue weighted by Gasteiger charge is 2.39. The van der Waals surface area contributed by atoms with E-state index in [1.165, 1.54) is 0 Å². The maximum absolute atomic E-state index is 9.68. The molecule has 88 valence electrons. The van der Waals surface area contributed by atoms with Gasteiger partial charge in [-0.3, -0.25) is 0 Å². The molecule has 0 aromatic rings. The van der Waals surface area contributed by atoms with E-state index in [0.717, 1.165) is 58.5 Å². The fraction of sp³-hybridized carbons (Fsp3) is 1.00. The summed E-state index contributed by atoms with van der Waals surface area (Å²) >= 11 is 0. The average molecular weight is 214 g/mol. The molecule has 1 atom stereocenters. The maximum atomic E-state index is 9.68. The van der Waals surface area contributed by atoms with E-state index in [-0.39, 0.29) is 11.7 Å². The third kappa shape index (κ3) is 2.69. The Morgan fingerprint density at radius 3 is 2.73 bits per heavy atom. The van der Waals surface area contributed by atoms with Crippen molar-refractivity contribution in [3.05, 3.63) is 0 Å². The van der Waals surface area contributed by atoms with Gasteiger partial charge in [-0.15, -0.1) is 0 Å². The first-order valence-electron chi connectivity index (χ1n) is 5.99. The minimum Gasteiger partial charge on any atom is -0.393 e. The standard InChI is InChI=1S/C11H22N2O2/c12-4-7-13-5-2-11(3-6-13)9-10(14)1-8-15-11/h10,14H,1-9,12H2. The van der Waals surface area contributed by atoms with Crippen molar-refractivity contribution in [3.8, 4) is 0 Å². The molecule has 4 nitrogen and oxygen atoms in total. The van der Waals surface area contributed by atoms with Crippen LogP contribution in [0.4, 0.5) is 0 Å². The Morgan fingerprint density at radius 2 is 2.13 bits per heavy atom. The zero-order valence-electron chi connectivity index (χ0n) is 9.32. The summed E-state index contributed by atoms with van der Waals surface area (Å²) in [5, 5.41) is 9.68. The van der Waals surface area contributed by atoms with Crippen LogP contribution in [0, 0.1) is 0 Å². The normalized spacial score (nSPS) is 32.0. The number of likely N-dealkylation sites (tertiary alicyclic amines) is 1. The molecule has 2 aliphatic rings. The predicted octanol–water partition coefficient (Wildman–Crippen LogP) is -0.0490. The van der Waals surface area contributed by atoms with Gasteiger partial charge in [0.2, 0.25) is 0 Å². The minimum absolute atomic E-state index is 0.0250. The third-order valence-electron chi connectivity index (χ3n) is 3.68. The van der Waals surface area contributed by atoms with E-state index in [9.17, 15) is 5.11 Å². The van der Waals surface area contributed by atoms with Gasteiger partial charge in [-0.25, -0.2) is 0 Å². The van der Waals surface area contributed by atoms with E-state index in [0.29, 0.717) is 0 Å². The Balaban J connectivity index is 1.85. The van der Waals surface area contributed by atoms with Crippen molar-refractivity contribution in [3.63, 3.8) is 0 Å². The summed E-state index contributed by atoms with van der Waals surface area (Å²) in [6, 6.07) is 0. The van der Waals surface area contributed by atoms with Crippen LogP contribution in [0.3, 0.4) is 0 Å². The Bertz CT molecular complexity index is 203. The fourth-order valence-electron chi connectivity index (χ4n) is 2.72. The molecule has 0 bridgehead atoms. The van der Waals surface area contributed by atoms with E-state index in [1.807, 2.05) is 0 Å². The van der Waals surface area contributed by atoms with E-state index in [1.54, 1.807) is 0 Å². The van der Waals surface area contributed by atoms with E-state index >= 15 is 0 Å². The van der Waals surface area contributed by atoms with Crippen LogP contribution in [0.15, 0.2) is 0 Å². The molecule has 15 heavy (non-hydrogen) atoms. The van der Waals surface area contributed by atoms with E-state index < -0.39 is 0 Å². The number of aliphatic hydroxyl groups excluding tert-OH is 1. The number of aliphatic hydroxyl groups is 1. The molecule has 2 saturated heterocycles. The molecular weight excluding hydrogens is 192 g/mol. The Morgan fingerprint density at radius 1 is 1.40 bits per heavy atom. The molecule has 2 aliphatic heterocycles. The summed E-state index contributed by atoms with van der Waals surface area (Å²) in [7, 11) is 0. The molecule has 1 unspecified atom stereocenters. The van der Waals surface area contributed by atoms with Crippen LogP contribution < -0.4 is 5.73 Å². The van der Waals surface area contributed by atoms with Crippen molar-refractivity contribution in [2.24, 2.45) is 5.73 Å². The topological polar surface area (TPSA) is 58.7 Å². The van der Waals surface area contributed by atoms with Crippen molar-refractivity contribution in [2.45, 2.75) is 37.4 Å². The SMILES string of the molecule is NCCN1CCC2(CC1)CC(O)CCO2. The second-order valence-electron chi connectivity index (χ2n) is 4.81. The zero-order chi connectivity index (χ0) is 10.7. The predicted molar refractivity (Wildman–Crippen MR) is 58.7 cm³/mol. The lowest BCUT2D eigenvalue weighted by Gasteiger charge is -2.45. The molecular formula is C11H22N2O2. The highest BCUT2D eigenvalue weighted by atomic mass is 16.5. The maximum Gasteiger partial charge on any atom is 0.0731 e. The van der Waals surface area contributed by atoms with E-state index in [2.05, 4.69) is 4.90 Å². The molecule has 0 aromatic heterocycles. The molecule has 0 radical (unpaired) electrons. The molecule has 2 rings (SSSR count). The summed E-state index contributed by atoms with van der Waals surface area (Å²) in [6.45, 7) is 4.56. The minimum atomic E-state index is -0.153. The van der Waals surface area contributed by atoms with Crippen molar-refractivity contribution in [1.82, 2.24) is 4.90 Å². The van der Waals surface area contributed by atoms with Crippen LogP contribution in [-0.4, -0.2) is 54.5 Å². The lowest BCUT2D eigenvalue weighted by atomic mass is 9.83. The molecule has 0 amide bonds. The van der Waals surface area contributed by atoms with Gasteiger partial charge in [0.1, 0.15) is 0 Å². The first-order chi connectivity index (χ1) is 7.24. The molecule has 0 saturated carbocycles. The number of nitrogens with two attached hydrogens (primary N) is 1. The van der Waals surface area contributed by atoms with Crippen molar-refractivity contribution in [1.29, 1.82) is 0 Å². The zero-order valence-corrected chi connectivity index (χ0v) is 9.32. The number of piperidine rings is 1. The van der Waals surface area contributed by atoms with Gasteiger partial charge in [-0.2, -0.15) is 0 Å². The van der Waals surface area contributed by atoms with Gasteiger partial charge < -0.3 is 20.5 Å². The first-order valence-corrected chi connectivity index (χ1v) is 5.99. The molecule has 3 N–H and O–H groups in total. The molecule has 0 aromatic carbocycles. The highest BCUT2D eigenvalue weighted by molar-refractivity contribution is 4.92. The Hall–Kier alpha value is -0.160. The van der Waals surface area contributed by atoms with Crippen LogP contribution >= 0.6 is 0 Å². The first kappa shape index (κ1) is 11.3. The van der Waals surface area contributed by atoms with Crippen molar-refractivity contribution >= 4 is 0 Å². The molecule has 1 spiro atoms. The van der Waals surface area contributed by atoms with Gasteiger partial charge >= 0.3 is 0 Å². The van der Waals surface area contributed by atoms with E-state index in [4.69, 9.17) is 10.5 Å². The van der Waals surface area contributed by atoms with Gasteiger partial charge in [0.05, 0.1) is 11.7 Å². The average Bonchev–Trinajstić information content (AvgIpc) is 2.22. The van der Waals surface area contributed by atoms with Gasteiger partial charge in [-0.05, 0) is 19.3 Å². The molecule has 0 aliphatic carbocycles. The lowest BCUT2D eigenvalue weighted by Crippen LogP contribution is -2.51. The van der Waals surface area contributed by atoms with Crippen LogP contribution in [0.5, 0.6) is 0 Å². The molecule has 2 heterocycles. The summed E-state index contributed by atoms with van der Waals surface area (Å²) in [5.74, 6) is 0. The summed E-state index contributed by atoms with van der Waals surface area (Å²) < 4.78 is 5.89. The second kappa shape index (κ2) is 4.78. The second-order valence-corrected chi connectivity index (χ2v) is 4.81. The summed E-state index contributed by atoms with van der Waals surface area (Å²) in [4.78, 5) is 2.38. The number of hydrogen-bond acceptors (Lipinski definition) is 4. The van der Waals surface area contributed by atoms with Crippen LogP contribution in [0.1, 0.15) is 25.7 Å². The fourth-order valence-corrected chi connectivity index (χ4v) is 2.72. The quantitative estimate of drug-likeness (QED) is 0.677. The largest absolute Gasteiger partial charge is 0.393 e. The van der Waals surface area contributed by atoms with Gasteiger partial charge in [0, 0.05) is 39.2 Å². The van der Waals surface area contributed by atoms with Crippen LogP contribution in [0.2, 0.25) is 0 Å². The Labute approximate surface area is 91.4 Å². The number of nitrogens with zero attached hydrogens (tertiary/aromatic N) is 1. The van der Waals surface area contributed by atoms with Crippen LogP contribution in [0.25, 0.3) is 0 Å². The molecule has 2 fully saturated rings. The highest BCUT2D eigenvalue weighted by Crippen LogP contribution is 2.34. The molecule has 4 heteroatoms. The van der Waals surface area contributed by atoms with Crippen LogP contribution in [-0.2, 0) is 4.74 Å². The van der Waals surface area contributed by atoms with Gasteiger partial charge in [0.15, 0.2) is 0 Å². The summed E-state index contributed by atoms with van der Waals surface area (Å²) in [6.07, 6.45) is 3.56. The third-order valence-corrected chi connectivity index (χ3v) is 3.68. The lowest BCUT2D eigenvalue weighted by molar-refractivity contribution is -0.142. The smallest absolute Gasteiger partial charge is 0.0731 e. The number of hydrogen-bond donors (Lipinski definition) is 2. The van der Waals surface area contributed by atoms with Gasteiger partial charge in [-0.1, -0.05) is 0 Å². The van der Waals surface area contributed by atoms with Gasteiger partial charge in [0.25, 0.3) is 0 Å². The van der Waals surface area contributed by atoms with Crippen molar-refractivity contribution in [2.75, 3.05) is 32.8 Å². The summed E-state index contributed by atoms with van der Waals surface area (Å²) in [5.41, 5.74) is 5.51. The number of ether oxygens (including phenoxy) is 1. The monoisotopic (exact) mass is 214 g/mol. The van der Waals surface area contributed by atoms with Crippen molar-refractivity contribution < 1.29 is 9.84 Å².